The van der Waals surface area contributed by atoms with Crippen molar-refractivity contribution in [2.45, 2.75) is 31.2 Å². The first-order chi connectivity index (χ1) is 10.6. The van der Waals surface area contributed by atoms with Gasteiger partial charge in [-0.3, -0.25) is 0 Å². The highest BCUT2D eigenvalue weighted by Gasteiger charge is 2.38. The normalized spacial score (nSPS) is 25.1. The number of nitrogens with one attached hydrogen (secondary N) is 1. The summed E-state index contributed by atoms with van der Waals surface area (Å²) in [5.74, 6) is 1.42. The van der Waals surface area contributed by atoms with Crippen molar-refractivity contribution in [2.24, 2.45) is 5.92 Å². The van der Waals surface area contributed by atoms with Crippen LogP contribution < -0.4 is 5.32 Å². The van der Waals surface area contributed by atoms with Crippen LogP contribution in [0.4, 0.5) is 4.79 Å². The quantitative estimate of drug-likeness (QED) is 0.927. The van der Waals surface area contributed by atoms with E-state index < -0.39 is 0 Å². The lowest BCUT2D eigenvalue weighted by atomic mass is 9.97. The second-order valence-electron chi connectivity index (χ2n) is 6.88. The summed E-state index contributed by atoms with van der Waals surface area (Å²) in [6.45, 7) is 2.89. The topological polar surface area (TPSA) is 35.6 Å². The van der Waals surface area contributed by atoms with Gasteiger partial charge in [0.15, 0.2) is 0 Å². The van der Waals surface area contributed by atoms with Gasteiger partial charge in [0.2, 0.25) is 0 Å². The van der Waals surface area contributed by atoms with E-state index in [1.165, 1.54) is 12.0 Å². The second kappa shape index (κ2) is 6.69. The van der Waals surface area contributed by atoms with E-state index in [2.05, 4.69) is 35.6 Å². The van der Waals surface area contributed by atoms with Gasteiger partial charge in [0, 0.05) is 39.1 Å². The van der Waals surface area contributed by atoms with E-state index >= 15 is 0 Å². The van der Waals surface area contributed by atoms with Crippen molar-refractivity contribution in [3.05, 3.63) is 35.9 Å². The Morgan fingerprint density at radius 1 is 1.23 bits per heavy atom. The van der Waals surface area contributed by atoms with Crippen LogP contribution in [0, 0.1) is 5.92 Å². The molecule has 0 radical (unpaired) electrons. The fourth-order valence-electron chi connectivity index (χ4n) is 3.42. The summed E-state index contributed by atoms with van der Waals surface area (Å²) < 4.78 is 0. The molecule has 1 N–H and O–H groups in total. The number of rotatable bonds is 4. The van der Waals surface area contributed by atoms with Crippen molar-refractivity contribution in [1.82, 2.24) is 15.1 Å². The maximum absolute atomic E-state index is 11.9. The molecule has 22 heavy (non-hydrogen) atoms. The Morgan fingerprint density at radius 2 is 1.91 bits per heavy atom. The van der Waals surface area contributed by atoms with Crippen molar-refractivity contribution >= 4 is 6.03 Å². The molecule has 4 heteroatoms. The van der Waals surface area contributed by atoms with E-state index in [0.717, 1.165) is 32.5 Å². The number of hydrogen-bond donors (Lipinski definition) is 1. The van der Waals surface area contributed by atoms with Crippen LogP contribution in [0.2, 0.25) is 0 Å². The summed E-state index contributed by atoms with van der Waals surface area (Å²) in [5.41, 5.74) is 1.46. The highest BCUT2D eigenvalue weighted by Crippen LogP contribution is 2.40. The summed E-state index contributed by atoms with van der Waals surface area (Å²) in [4.78, 5) is 15.6. The molecule has 0 bridgehead atoms. The number of amides is 2. The number of hydrogen-bond acceptors (Lipinski definition) is 2. The fraction of sp³-hybridized carbons (Fsp3) is 0.611. The van der Waals surface area contributed by atoms with Crippen LogP contribution in [-0.4, -0.2) is 55.6 Å². The van der Waals surface area contributed by atoms with Crippen molar-refractivity contribution < 1.29 is 4.79 Å². The summed E-state index contributed by atoms with van der Waals surface area (Å²) in [7, 11) is 3.65. The van der Waals surface area contributed by atoms with Crippen molar-refractivity contribution in [2.75, 3.05) is 33.7 Å². The largest absolute Gasteiger partial charge is 0.331 e. The van der Waals surface area contributed by atoms with E-state index in [0.29, 0.717) is 17.9 Å². The van der Waals surface area contributed by atoms with Crippen molar-refractivity contribution in [3.63, 3.8) is 0 Å². The monoisotopic (exact) mass is 301 g/mol. The average molecular weight is 301 g/mol. The molecule has 1 aromatic carbocycles. The predicted molar refractivity (Wildman–Crippen MR) is 89.0 cm³/mol. The zero-order valence-corrected chi connectivity index (χ0v) is 13.7. The molecule has 1 aromatic rings. The minimum Gasteiger partial charge on any atom is -0.331 e. The summed E-state index contributed by atoms with van der Waals surface area (Å²) in [6, 6.07) is 11.6. The van der Waals surface area contributed by atoms with Gasteiger partial charge in [-0.1, -0.05) is 30.3 Å². The fourth-order valence-corrected chi connectivity index (χ4v) is 3.42. The molecule has 0 spiro atoms. The molecule has 0 unspecified atom stereocenters. The van der Waals surface area contributed by atoms with E-state index in [1.807, 2.05) is 19.0 Å². The molecular formula is C18H27N3O. The standard InChI is InChI=1S/C18H27N3O/c1-20(2)18(22)21-10-8-14(9-11-21)13-19-17-12-16(17)15-6-4-3-5-7-15/h3-7,14,16-17,19H,8-13H2,1-2H3/t16-,17+/m0/s1. The molecule has 120 valence electrons. The number of carbonyl (C=O) groups is 1. The molecule has 1 aliphatic heterocycles. The lowest BCUT2D eigenvalue weighted by Gasteiger charge is -2.33. The van der Waals surface area contributed by atoms with Crippen LogP contribution >= 0.6 is 0 Å². The first kappa shape index (κ1) is 15.3. The molecule has 2 amide bonds. The molecule has 1 saturated carbocycles. The maximum Gasteiger partial charge on any atom is 0.319 e. The van der Waals surface area contributed by atoms with Gasteiger partial charge in [0.25, 0.3) is 0 Å². The van der Waals surface area contributed by atoms with E-state index in [1.54, 1.807) is 4.90 Å². The summed E-state index contributed by atoms with van der Waals surface area (Å²) >= 11 is 0. The van der Waals surface area contributed by atoms with Crippen LogP contribution in [0.1, 0.15) is 30.7 Å². The Kier molecular flexibility index (Phi) is 4.67. The summed E-state index contributed by atoms with van der Waals surface area (Å²) in [5, 5.41) is 3.73. The van der Waals surface area contributed by atoms with E-state index in [9.17, 15) is 4.79 Å². The third-order valence-electron chi connectivity index (χ3n) is 4.95. The molecule has 2 aliphatic rings. The van der Waals surface area contributed by atoms with Crippen LogP contribution in [0.15, 0.2) is 30.3 Å². The summed E-state index contributed by atoms with van der Waals surface area (Å²) in [6.07, 6.45) is 3.51. The SMILES string of the molecule is CN(C)C(=O)N1CCC(CN[C@@H]2C[C@H]2c2ccccc2)CC1. The Hall–Kier alpha value is -1.55. The van der Waals surface area contributed by atoms with Gasteiger partial charge >= 0.3 is 6.03 Å². The van der Waals surface area contributed by atoms with E-state index in [-0.39, 0.29) is 6.03 Å². The van der Waals surface area contributed by atoms with Crippen LogP contribution in [0.3, 0.4) is 0 Å². The third kappa shape index (κ3) is 3.61. The number of piperidine rings is 1. The lowest BCUT2D eigenvalue weighted by molar-refractivity contribution is 0.147. The van der Waals surface area contributed by atoms with Gasteiger partial charge in [0.05, 0.1) is 0 Å². The Morgan fingerprint density at radius 3 is 2.55 bits per heavy atom. The third-order valence-corrected chi connectivity index (χ3v) is 4.95. The van der Waals surface area contributed by atoms with Gasteiger partial charge in [0.1, 0.15) is 0 Å². The molecule has 2 atom stereocenters. The van der Waals surface area contributed by atoms with Gasteiger partial charge in [-0.2, -0.15) is 0 Å². The van der Waals surface area contributed by atoms with Gasteiger partial charge in [-0.25, -0.2) is 4.79 Å². The minimum absolute atomic E-state index is 0.151. The number of urea groups is 1. The van der Waals surface area contributed by atoms with Crippen LogP contribution in [0.5, 0.6) is 0 Å². The minimum atomic E-state index is 0.151. The second-order valence-corrected chi connectivity index (χ2v) is 6.88. The molecule has 4 nitrogen and oxygen atoms in total. The maximum atomic E-state index is 11.9. The van der Waals surface area contributed by atoms with Gasteiger partial charge in [-0.05, 0) is 37.3 Å². The smallest absolute Gasteiger partial charge is 0.319 e. The van der Waals surface area contributed by atoms with Crippen molar-refractivity contribution in [3.8, 4) is 0 Å². The van der Waals surface area contributed by atoms with Gasteiger partial charge < -0.3 is 15.1 Å². The number of carbonyl (C=O) groups excluding carboxylic acids is 1. The molecule has 1 saturated heterocycles. The number of likely N-dealkylation sites (tertiary alicyclic amines) is 1. The zero-order chi connectivity index (χ0) is 15.5. The van der Waals surface area contributed by atoms with Gasteiger partial charge in [-0.15, -0.1) is 0 Å². The molecule has 2 fully saturated rings. The molecule has 1 aliphatic carbocycles. The van der Waals surface area contributed by atoms with Crippen LogP contribution in [0.25, 0.3) is 0 Å². The first-order valence-electron chi connectivity index (χ1n) is 8.39. The first-order valence-corrected chi connectivity index (χ1v) is 8.39. The molecule has 0 aromatic heterocycles. The Bertz CT molecular complexity index is 494. The van der Waals surface area contributed by atoms with E-state index in [4.69, 9.17) is 0 Å². The lowest BCUT2D eigenvalue weighted by Crippen LogP contribution is -2.45. The van der Waals surface area contributed by atoms with Crippen LogP contribution in [-0.2, 0) is 0 Å². The molecule has 3 rings (SSSR count). The average Bonchev–Trinajstić information content (AvgIpc) is 3.33. The molecular weight excluding hydrogens is 274 g/mol. The predicted octanol–water partition coefficient (Wildman–Crippen LogP) is 2.53. The number of nitrogens with zero attached hydrogens (tertiary/aromatic N) is 2. The Labute approximate surface area is 133 Å². The Balaban J connectivity index is 1.37. The highest BCUT2D eigenvalue weighted by molar-refractivity contribution is 5.73. The highest BCUT2D eigenvalue weighted by atomic mass is 16.2. The number of benzene rings is 1. The van der Waals surface area contributed by atoms with Crippen molar-refractivity contribution in [1.29, 1.82) is 0 Å². The zero-order valence-electron chi connectivity index (χ0n) is 13.7. The molecule has 1 heterocycles.